The van der Waals surface area contributed by atoms with E-state index in [4.69, 9.17) is 14.6 Å². The quantitative estimate of drug-likeness (QED) is 0.0748. The Hall–Kier alpha value is -5.42. The fourth-order valence-corrected chi connectivity index (χ4v) is 8.66. The van der Waals surface area contributed by atoms with Crippen molar-refractivity contribution in [2.75, 3.05) is 34.0 Å². The average molecular weight is 771 g/mol. The first kappa shape index (κ1) is 39.8. The number of rotatable bonds is 12. The smallest absolute Gasteiger partial charge is 0.261 e. The minimum Gasteiger partial charge on any atom is -0.497 e. The first-order valence-electron chi connectivity index (χ1n) is 19.6. The van der Waals surface area contributed by atoms with Crippen LogP contribution in [0.3, 0.4) is 0 Å². The van der Waals surface area contributed by atoms with Gasteiger partial charge in [0.1, 0.15) is 5.75 Å². The third kappa shape index (κ3) is 6.79. The Morgan fingerprint density at radius 3 is 1.47 bits per heavy atom. The van der Waals surface area contributed by atoms with Crippen molar-refractivity contribution in [1.29, 1.82) is 0 Å². The monoisotopic (exact) mass is 770 g/mol. The van der Waals surface area contributed by atoms with Gasteiger partial charge in [-0.25, -0.2) is 0 Å². The Morgan fingerprint density at radius 2 is 1.09 bits per heavy atom. The molecular formula is C47H50N2O8. The van der Waals surface area contributed by atoms with Gasteiger partial charge in [0.25, 0.3) is 23.6 Å². The van der Waals surface area contributed by atoms with Crippen molar-refractivity contribution in [3.63, 3.8) is 0 Å². The van der Waals surface area contributed by atoms with Gasteiger partial charge >= 0.3 is 0 Å². The average Bonchev–Trinajstić information content (AvgIpc) is 3.18. The van der Waals surface area contributed by atoms with Gasteiger partial charge in [0.2, 0.25) is 0 Å². The number of carbonyl (C=O) groups excluding carboxylic acids is 4. The first-order chi connectivity index (χ1) is 27.2. The molecule has 10 heteroatoms. The lowest BCUT2D eigenvalue weighted by atomic mass is 9.81. The van der Waals surface area contributed by atoms with Crippen LogP contribution in [0.1, 0.15) is 95.0 Å². The maximum atomic E-state index is 14.3. The van der Waals surface area contributed by atoms with E-state index in [0.717, 1.165) is 50.1 Å². The number of nitrogens with zero attached hydrogens (tertiary/aromatic N) is 2. The third-order valence-corrected chi connectivity index (χ3v) is 11.5. The summed E-state index contributed by atoms with van der Waals surface area (Å²) in [5.74, 6) is -0.124. The Kier molecular flexibility index (Phi) is 10.8. The van der Waals surface area contributed by atoms with E-state index >= 15 is 0 Å². The Labute approximate surface area is 332 Å². The van der Waals surface area contributed by atoms with E-state index in [1.54, 1.807) is 14.2 Å². The molecule has 57 heavy (non-hydrogen) atoms. The summed E-state index contributed by atoms with van der Waals surface area (Å²) in [7, 11) is 3.17. The van der Waals surface area contributed by atoms with E-state index in [9.17, 15) is 19.2 Å². The largest absolute Gasteiger partial charge is 0.497 e. The van der Waals surface area contributed by atoms with E-state index in [1.807, 2.05) is 100 Å². The van der Waals surface area contributed by atoms with Gasteiger partial charge in [-0.15, -0.1) is 0 Å². The molecule has 1 N–H and O–H groups in total. The summed E-state index contributed by atoms with van der Waals surface area (Å²) in [6, 6.07) is 22.1. The second-order valence-electron chi connectivity index (χ2n) is 16.0. The molecule has 2 heterocycles. The molecule has 296 valence electrons. The summed E-state index contributed by atoms with van der Waals surface area (Å²) < 4.78 is 16.2. The number of hydrogen-bond donors (Lipinski definition) is 1. The van der Waals surface area contributed by atoms with Gasteiger partial charge in [-0.3, -0.25) is 29.0 Å². The Morgan fingerprint density at radius 1 is 0.632 bits per heavy atom. The molecule has 0 bridgehead atoms. The summed E-state index contributed by atoms with van der Waals surface area (Å²) in [5, 5.41) is 14.3. The predicted molar refractivity (Wildman–Crippen MR) is 223 cm³/mol. The minimum atomic E-state index is -0.781. The lowest BCUT2D eigenvalue weighted by Crippen LogP contribution is -2.56. The number of aliphatic hydroxyl groups excluding tert-OH is 1. The standard InChI is InChI=1S/C44H42N2O6.C3H8O2/c1-23(2)22-24(3)52-44(5,6)25(4)46-42(49)34-18-14-30-28-12-16-32-38-33(41(48)45(40(32)47)21-20-26-8-10-27(51-7)11-9-26)17-13-29(36(28)38)31-15-19-35(43(46)50)39(34)37(30)31;1-5-3-2-4/h8-19,23-25H,20-22H2,1-7H3;4H,2-3H2,1H3. The van der Waals surface area contributed by atoms with Gasteiger partial charge in [-0.1, -0.05) is 50.2 Å². The molecule has 0 radical (unpaired) electrons. The summed E-state index contributed by atoms with van der Waals surface area (Å²) in [6.45, 7) is 12.9. The number of hydrogen-bond acceptors (Lipinski definition) is 8. The van der Waals surface area contributed by atoms with Crippen LogP contribution in [0.2, 0.25) is 0 Å². The van der Waals surface area contributed by atoms with E-state index in [2.05, 4.69) is 18.6 Å². The van der Waals surface area contributed by atoms with Crippen molar-refractivity contribution >= 4 is 66.7 Å². The van der Waals surface area contributed by atoms with Crippen LogP contribution in [0.4, 0.5) is 0 Å². The van der Waals surface area contributed by atoms with Gasteiger partial charge in [0.05, 0.1) is 38.1 Å². The molecule has 0 spiro atoms. The van der Waals surface area contributed by atoms with Crippen molar-refractivity contribution < 1.29 is 38.5 Å². The number of ether oxygens (including phenoxy) is 3. The van der Waals surface area contributed by atoms with Gasteiger partial charge in [-0.05, 0) is 121 Å². The molecule has 4 amide bonds. The van der Waals surface area contributed by atoms with Gasteiger partial charge in [0.15, 0.2) is 0 Å². The number of carbonyl (C=O) groups is 4. The second kappa shape index (κ2) is 15.5. The zero-order valence-corrected chi connectivity index (χ0v) is 33.9. The zero-order chi connectivity index (χ0) is 40.9. The molecule has 10 nitrogen and oxygen atoms in total. The van der Waals surface area contributed by atoms with Crippen molar-refractivity contribution in [2.45, 2.75) is 72.1 Å². The van der Waals surface area contributed by atoms with Crippen LogP contribution in [0.25, 0.3) is 43.1 Å². The number of benzene rings is 6. The molecule has 0 aliphatic carbocycles. The van der Waals surface area contributed by atoms with Crippen LogP contribution in [0.5, 0.6) is 5.75 Å². The number of methoxy groups -OCH3 is 2. The van der Waals surface area contributed by atoms with Crippen LogP contribution in [-0.4, -0.2) is 90.3 Å². The van der Waals surface area contributed by atoms with E-state index in [0.29, 0.717) is 52.0 Å². The first-order valence-corrected chi connectivity index (χ1v) is 19.6. The normalized spacial score (nSPS) is 15.3. The van der Waals surface area contributed by atoms with Crippen molar-refractivity contribution in [3.8, 4) is 5.75 Å². The molecule has 6 aromatic rings. The Bertz CT molecular complexity index is 2420. The van der Waals surface area contributed by atoms with Crippen LogP contribution in [0.15, 0.2) is 72.8 Å². The summed E-state index contributed by atoms with van der Waals surface area (Å²) >= 11 is 0. The van der Waals surface area contributed by atoms with E-state index in [1.165, 1.54) is 9.80 Å². The predicted octanol–water partition coefficient (Wildman–Crippen LogP) is 8.42. The molecule has 2 aliphatic heterocycles. The number of imide groups is 2. The van der Waals surface area contributed by atoms with Crippen LogP contribution < -0.4 is 4.74 Å². The summed E-state index contributed by atoms with van der Waals surface area (Å²) in [6.07, 6.45) is 1.35. The zero-order valence-electron chi connectivity index (χ0n) is 33.9. The molecule has 2 aliphatic rings. The maximum Gasteiger partial charge on any atom is 0.261 e. The van der Waals surface area contributed by atoms with Crippen molar-refractivity contribution in [2.24, 2.45) is 5.92 Å². The molecule has 0 aromatic heterocycles. The molecule has 2 atom stereocenters. The van der Waals surface area contributed by atoms with Crippen LogP contribution in [0, 0.1) is 5.92 Å². The van der Waals surface area contributed by atoms with Gasteiger partial charge in [0, 0.05) is 46.7 Å². The minimum absolute atomic E-state index is 0.0386. The molecule has 8 rings (SSSR count). The lowest BCUT2D eigenvalue weighted by Gasteiger charge is -2.42. The highest BCUT2D eigenvalue weighted by Gasteiger charge is 2.43. The third-order valence-electron chi connectivity index (χ3n) is 11.5. The maximum absolute atomic E-state index is 14.3. The molecular weight excluding hydrogens is 721 g/mol. The highest BCUT2D eigenvalue weighted by atomic mass is 16.5. The van der Waals surface area contributed by atoms with E-state index < -0.39 is 11.6 Å². The Balaban J connectivity index is 0.000000935. The topological polar surface area (TPSA) is 123 Å². The number of amides is 4. The van der Waals surface area contributed by atoms with E-state index in [-0.39, 0.29) is 42.9 Å². The summed E-state index contributed by atoms with van der Waals surface area (Å²) in [5.41, 5.74) is 2.14. The molecule has 0 saturated heterocycles. The molecule has 6 aromatic carbocycles. The van der Waals surface area contributed by atoms with Crippen LogP contribution in [-0.2, 0) is 15.9 Å². The number of fused-ring (bicyclic) bond motifs is 2. The number of aliphatic hydroxyl groups is 1. The molecule has 0 saturated carbocycles. The van der Waals surface area contributed by atoms with Gasteiger partial charge < -0.3 is 19.3 Å². The molecule has 0 fully saturated rings. The summed E-state index contributed by atoms with van der Waals surface area (Å²) in [4.78, 5) is 59.2. The van der Waals surface area contributed by atoms with Crippen molar-refractivity contribution in [1.82, 2.24) is 9.80 Å². The van der Waals surface area contributed by atoms with Crippen molar-refractivity contribution in [3.05, 3.63) is 101 Å². The van der Waals surface area contributed by atoms with Gasteiger partial charge in [-0.2, -0.15) is 0 Å². The highest BCUT2D eigenvalue weighted by Crippen LogP contribution is 2.46. The second-order valence-corrected chi connectivity index (χ2v) is 16.0. The fourth-order valence-electron chi connectivity index (χ4n) is 8.66. The SMILES string of the molecule is COCCO.COc1ccc(CCN2C(=O)c3ccc4c5ccc6c7c(ccc(c8ccc(c3c48)C2=O)c75)C(=O)N(C(C)C(C)(C)OC(C)CC(C)C)C6=O)cc1. The highest BCUT2D eigenvalue weighted by molar-refractivity contribution is 6.41. The lowest BCUT2D eigenvalue weighted by molar-refractivity contribution is -0.102. The molecule has 2 unspecified atom stereocenters. The fraction of sp³-hybridized carbons (Fsp3) is 0.362. The van der Waals surface area contributed by atoms with Crippen LogP contribution >= 0.6 is 0 Å².